The Morgan fingerprint density at radius 1 is 1.32 bits per heavy atom. The van der Waals surface area contributed by atoms with Crippen molar-refractivity contribution in [2.75, 3.05) is 0 Å². The second kappa shape index (κ2) is 4.76. The minimum Gasteiger partial charge on any atom is -0.481 e. The van der Waals surface area contributed by atoms with E-state index in [9.17, 15) is 9.59 Å². The number of fused-ring (bicyclic) bond motifs is 1. The number of hydrogen-bond acceptors (Lipinski definition) is 2. The maximum absolute atomic E-state index is 12.1. The van der Waals surface area contributed by atoms with E-state index in [-0.39, 0.29) is 12.3 Å². The molecule has 0 aliphatic rings. The molecule has 0 saturated heterocycles. The van der Waals surface area contributed by atoms with Gasteiger partial charge in [-0.15, -0.1) is 0 Å². The van der Waals surface area contributed by atoms with Crippen LogP contribution in [0.25, 0.3) is 10.9 Å². The Labute approximate surface area is 110 Å². The van der Waals surface area contributed by atoms with Crippen LogP contribution in [-0.2, 0) is 4.79 Å². The Morgan fingerprint density at radius 3 is 2.63 bits per heavy atom. The number of carboxylic acid groups (broad SMARTS) is 1. The van der Waals surface area contributed by atoms with Crippen molar-refractivity contribution in [2.24, 2.45) is 0 Å². The fourth-order valence-corrected chi connectivity index (χ4v) is 1.99. The summed E-state index contributed by atoms with van der Waals surface area (Å²) < 4.78 is 0. The summed E-state index contributed by atoms with van der Waals surface area (Å²) in [6, 6.07) is 9.32. The van der Waals surface area contributed by atoms with Crippen molar-refractivity contribution in [3.63, 3.8) is 0 Å². The van der Waals surface area contributed by atoms with Gasteiger partial charge in [0.25, 0.3) is 5.91 Å². The monoisotopic (exact) mass is 260 g/mol. The number of nitrogens with one attached hydrogen (secondary N) is 2. The SMILES string of the molecule is CC(C)(CC(=O)O)NC(=O)c1cc2ccccc2[nH]1. The van der Waals surface area contributed by atoms with E-state index >= 15 is 0 Å². The van der Waals surface area contributed by atoms with Crippen LogP contribution in [0.1, 0.15) is 30.8 Å². The van der Waals surface area contributed by atoms with Gasteiger partial charge >= 0.3 is 5.97 Å². The van der Waals surface area contributed by atoms with Crippen molar-refractivity contribution < 1.29 is 14.7 Å². The van der Waals surface area contributed by atoms with Gasteiger partial charge in [0.2, 0.25) is 0 Å². The first kappa shape index (κ1) is 13.1. The Morgan fingerprint density at radius 2 is 2.00 bits per heavy atom. The molecule has 0 aliphatic heterocycles. The number of benzene rings is 1. The van der Waals surface area contributed by atoms with E-state index in [1.54, 1.807) is 19.9 Å². The molecule has 1 aromatic carbocycles. The minimum absolute atomic E-state index is 0.126. The molecule has 0 unspecified atom stereocenters. The first-order valence-electron chi connectivity index (χ1n) is 5.99. The number of hydrogen-bond donors (Lipinski definition) is 3. The van der Waals surface area contributed by atoms with Crippen molar-refractivity contribution in [3.8, 4) is 0 Å². The Bertz CT molecular complexity index is 595. The first-order valence-corrected chi connectivity index (χ1v) is 5.99. The average molecular weight is 260 g/mol. The van der Waals surface area contributed by atoms with E-state index in [1.165, 1.54) is 0 Å². The highest BCUT2D eigenvalue weighted by Crippen LogP contribution is 2.16. The lowest BCUT2D eigenvalue weighted by Gasteiger charge is -2.23. The quantitative estimate of drug-likeness (QED) is 0.787. The van der Waals surface area contributed by atoms with Gasteiger partial charge in [0, 0.05) is 16.4 Å². The van der Waals surface area contributed by atoms with Crippen LogP contribution in [0.2, 0.25) is 0 Å². The molecule has 1 amide bonds. The molecule has 0 radical (unpaired) electrons. The second-order valence-corrected chi connectivity index (χ2v) is 5.18. The van der Waals surface area contributed by atoms with E-state index in [2.05, 4.69) is 10.3 Å². The highest BCUT2D eigenvalue weighted by atomic mass is 16.4. The number of aromatic amines is 1. The summed E-state index contributed by atoms with van der Waals surface area (Å²) in [5.74, 6) is -1.25. The van der Waals surface area contributed by atoms with Gasteiger partial charge < -0.3 is 15.4 Å². The fraction of sp³-hybridized carbons (Fsp3) is 0.286. The van der Waals surface area contributed by atoms with E-state index in [0.29, 0.717) is 5.69 Å². The lowest BCUT2D eigenvalue weighted by atomic mass is 10.0. The Kier molecular flexibility index (Phi) is 3.29. The molecule has 100 valence electrons. The van der Waals surface area contributed by atoms with Crippen molar-refractivity contribution in [1.82, 2.24) is 10.3 Å². The van der Waals surface area contributed by atoms with Crippen LogP contribution in [0.4, 0.5) is 0 Å². The van der Waals surface area contributed by atoms with Gasteiger partial charge in [-0.2, -0.15) is 0 Å². The van der Waals surface area contributed by atoms with Crippen molar-refractivity contribution >= 4 is 22.8 Å². The average Bonchev–Trinajstić information content (AvgIpc) is 2.69. The van der Waals surface area contributed by atoms with Crippen LogP contribution in [0, 0.1) is 0 Å². The van der Waals surface area contributed by atoms with E-state index < -0.39 is 11.5 Å². The predicted molar refractivity (Wildman–Crippen MR) is 72.1 cm³/mol. The molecule has 0 spiro atoms. The highest BCUT2D eigenvalue weighted by Gasteiger charge is 2.24. The van der Waals surface area contributed by atoms with Gasteiger partial charge in [-0.1, -0.05) is 18.2 Å². The number of rotatable bonds is 4. The molecule has 0 saturated carbocycles. The summed E-state index contributed by atoms with van der Waals surface area (Å²) in [4.78, 5) is 25.8. The molecule has 19 heavy (non-hydrogen) atoms. The van der Waals surface area contributed by atoms with Crippen molar-refractivity contribution in [2.45, 2.75) is 25.8 Å². The number of aliphatic carboxylic acids is 1. The smallest absolute Gasteiger partial charge is 0.305 e. The number of carbonyl (C=O) groups excluding carboxylic acids is 1. The molecule has 0 atom stereocenters. The molecule has 2 aromatic rings. The lowest BCUT2D eigenvalue weighted by molar-refractivity contribution is -0.138. The lowest BCUT2D eigenvalue weighted by Crippen LogP contribution is -2.45. The normalized spacial score (nSPS) is 11.5. The number of carboxylic acids is 1. The number of aromatic nitrogens is 1. The topological polar surface area (TPSA) is 82.2 Å². The van der Waals surface area contributed by atoms with Crippen LogP contribution in [0.15, 0.2) is 30.3 Å². The molecule has 1 aromatic heterocycles. The predicted octanol–water partition coefficient (Wildman–Crippen LogP) is 2.15. The van der Waals surface area contributed by atoms with E-state index in [1.807, 2.05) is 24.3 Å². The maximum Gasteiger partial charge on any atom is 0.305 e. The van der Waals surface area contributed by atoms with Gasteiger partial charge in [0.15, 0.2) is 0 Å². The summed E-state index contributed by atoms with van der Waals surface area (Å²) in [5.41, 5.74) is 0.517. The summed E-state index contributed by atoms with van der Waals surface area (Å²) in [6.45, 7) is 3.36. The van der Waals surface area contributed by atoms with Gasteiger partial charge in [0.05, 0.1) is 6.42 Å². The molecule has 3 N–H and O–H groups in total. The zero-order valence-electron chi connectivity index (χ0n) is 10.9. The zero-order valence-corrected chi connectivity index (χ0v) is 10.9. The Hall–Kier alpha value is -2.30. The number of carbonyl (C=O) groups is 2. The first-order chi connectivity index (χ1) is 8.87. The van der Waals surface area contributed by atoms with Crippen LogP contribution in [0.3, 0.4) is 0 Å². The van der Waals surface area contributed by atoms with Crippen molar-refractivity contribution in [3.05, 3.63) is 36.0 Å². The number of para-hydroxylation sites is 1. The van der Waals surface area contributed by atoms with Crippen molar-refractivity contribution in [1.29, 1.82) is 0 Å². The molecular formula is C14H16N2O3. The number of H-pyrrole nitrogens is 1. The molecule has 2 rings (SSSR count). The van der Waals surface area contributed by atoms with Gasteiger partial charge in [-0.05, 0) is 26.0 Å². The van der Waals surface area contributed by atoms with Gasteiger partial charge in [-0.3, -0.25) is 9.59 Å². The number of amides is 1. The summed E-state index contributed by atoms with van der Waals surface area (Å²) in [6.07, 6.45) is -0.126. The van der Waals surface area contributed by atoms with Crippen LogP contribution in [-0.4, -0.2) is 27.5 Å². The molecule has 5 nitrogen and oxygen atoms in total. The summed E-state index contributed by atoms with van der Waals surface area (Å²) in [5, 5.41) is 12.4. The zero-order chi connectivity index (χ0) is 14.0. The molecule has 0 aliphatic carbocycles. The Balaban J connectivity index is 2.17. The minimum atomic E-state index is -0.943. The van der Waals surface area contributed by atoms with E-state index in [0.717, 1.165) is 10.9 Å². The summed E-state index contributed by atoms with van der Waals surface area (Å²) in [7, 11) is 0. The third kappa shape index (κ3) is 3.13. The van der Waals surface area contributed by atoms with Crippen LogP contribution < -0.4 is 5.32 Å². The fourth-order valence-electron chi connectivity index (χ4n) is 1.99. The maximum atomic E-state index is 12.1. The molecular weight excluding hydrogens is 244 g/mol. The van der Waals surface area contributed by atoms with E-state index in [4.69, 9.17) is 5.11 Å². The molecule has 0 bridgehead atoms. The second-order valence-electron chi connectivity index (χ2n) is 5.18. The molecule has 1 heterocycles. The van der Waals surface area contributed by atoms with Gasteiger partial charge in [-0.25, -0.2) is 0 Å². The van der Waals surface area contributed by atoms with Crippen LogP contribution >= 0.6 is 0 Å². The third-order valence-electron chi connectivity index (χ3n) is 2.82. The largest absolute Gasteiger partial charge is 0.481 e. The van der Waals surface area contributed by atoms with Gasteiger partial charge in [0.1, 0.15) is 5.69 Å². The van der Waals surface area contributed by atoms with Crippen LogP contribution in [0.5, 0.6) is 0 Å². The molecule has 0 fully saturated rings. The third-order valence-corrected chi connectivity index (χ3v) is 2.82. The molecule has 5 heteroatoms. The summed E-state index contributed by atoms with van der Waals surface area (Å²) >= 11 is 0. The highest BCUT2D eigenvalue weighted by molar-refractivity contribution is 5.98. The standard InChI is InChI=1S/C14H16N2O3/c1-14(2,8-12(17)18)16-13(19)11-7-9-5-3-4-6-10(9)15-11/h3-7,15H,8H2,1-2H3,(H,16,19)(H,17,18).